The molecule has 1 aliphatic carbocycles. The molecular formula is C17H14ClP. The number of hydrogen-bond donors (Lipinski definition) is 0. The highest BCUT2D eigenvalue weighted by Crippen LogP contribution is 2.47. The highest BCUT2D eigenvalue weighted by molar-refractivity contribution is 7.77. The monoisotopic (exact) mass is 284 g/mol. The molecule has 1 unspecified atom stereocenters. The van der Waals surface area contributed by atoms with Crippen LogP contribution in [0.25, 0.3) is 0 Å². The van der Waals surface area contributed by atoms with Gasteiger partial charge in [0, 0.05) is 0 Å². The van der Waals surface area contributed by atoms with Crippen LogP contribution in [-0.2, 0) is 0 Å². The van der Waals surface area contributed by atoms with Gasteiger partial charge in [0.25, 0.3) is 0 Å². The number of alkyl halides is 1. The summed E-state index contributed by atoms with van der Waals surface area (Å²) in [5, 5.41) is 4.04. The SMILES string of the molecule is ClC1C=CC=C1P(c1ccccc1)c1ccccc1. The highest BCUT2D eigenvalue weighted by Gasteiger charge is 2.24. The van der Waals surface area contributed by atoms with Crippen molar-refractivity contribution in [2.75, 3.05) is 0 Å². The molecule has 0 aliphatic heterocycles. The van der Waals surface area contributed by atoms with E-state index in [9.17, 15) is 0 Å². The molecule has 0 spiro atoms. The van der Waals surface area contributed by atoms with Crippen molar-refractivity contribution in [3.63, 3.8) is 0 Å². The zero-order valence-corrected chi connectivity index (χ0v) is 12.1. The zero-order chi connectivity index (χ0) is 13.1. The first-order valence-corrected chi connectivity index (χ1v) is 8.07. The Morgan fingerprint density at radius 3 is 1.74 bits per heavy atom. The van der Waals surface area contributed by atoms with Gasteiger partial charge in [0.1, 0.15) is 0 Å². The molecule has 0 fully saturated rings. The zero-order valence-electron chi connectivity index (χ0n) is 10.4. The third-order valence-corrected chi connectivity index (χ3v) is 6.22. The van der Waals surface area contributed by atoms with Crippen LogP contribution in [0.5, 0.6) is 0 Å². The molecule has 0 saturated carbocycles. The number of allylic oxidation sites excluding steroid dienone is 4. The van der Waals surface area contributed by atoms with Crippen LogP contribution in [0, 0.1) is 0 Å². The summed E-state index contributed by atoms with van der Waals surface area (Å²) in [6.45, 7) is 0. The standard InChI is InChI=1S/C17H14ClP/c18-16-12-7-13-17(16)19(14-8-3-1-4-9-14)15-10-5-2-6-11-15/h1-13,16H. The van der Waals surface area contributed by atoms with Crippen LogP contribution in [-0.4, -0.2) is 5.38 Å². The van der Waals surface area contributed by atoms with Crippen molar-refractivity contribution in [1.82, 2.24) is 0 Å². The lowest BCUT2D eigenvalue weighted by molar-refractivity contribution is 1.41. The fraction of sp³-hybridized carbons (Fsp3) is 0.0588. The van der Waals surface area contributed by atoms with E-state index in [1.54, 1.807) is 0 Å². The molecule has 2 aromatic carbocycles. The Kier molecular flexibility index (Phi) is 3.82. The fourth-order valence-corrected chi connectivity index (χ4v) is 5.09. The first kappa shape index (κ1) is 12.7. The summed E-state index contributed by atoms with van der Waals surface area (Å²) in [5.74, 6) is 0. The molecule has 0 bridgehead atoms. The van der Waals surface area contributed by atoms with Gasteiger partial charge in [-0.2, -0.15) is 0 Å². The van der Waals surface area contributed by atoms with E-state index in [1.807, 2.05) is 0 Å². The summed E-state index contributed by atoms with van der Waals surface area (Å²) in [6.07, 6.45) is 6.29. The van der Waals surface area contributed by atoms with Gasteiger partial charge in [-0.1, -0.05) is 78.9 Å². The summed E-state index contributed by atoms with van der Waals surface area (Å²) >= 11 is 6.43. The average molecular weight is 285 g/mol. The molecule has 0 radical (unpaired) electrons. The molecule has 2 heteroatoms. The first-order chi connectivity index (χ1) is 9.36. The molecule has 0 N–H and O–H groups in total. The van der Waals surface area contributed by atoms with Gasteiger partial charge in [0.15, 0.2) is 0 Å². The van der Waals surface area contributed by atoms with Crippen molar-refractivity contribution in [2.24, 2.45) is 0 Å². The number of hydrogen-bond acceptors (Lipinski definition) is 0. The Morgan fingerprint density at radius 2 is 1.32 bits per heavy atom. The molecule has 0 nitrogen and oxygen atoms in total. The highest BCUT2D eigenvalue weighted by atomic mass is 35.5. The predicted molar refractivity (Wildman–Crippen MR) is 85.9 cm³/mol. The molecule has 2 aromatic rings. The van der Waals surface area contributed by atoms with Gasteiger partial charge in [-0.05, 0) is 23.8 Å². The van der Waals surface area contributed by atoms with E-state index in [4.69, 9.17) is 11.6 Å². The Bertz CT molecular complexity index is 562. The molecule has 0 aromatic heterocycles. The van der Waals surface area contributed by atoms with Gasteiger partial charge < -0.3 is 0 Å². The van der Waals surface area contributed by atoms with Crippen molar-refractivity contribution in [1.29, 1.82) is 0 Å². The second-order valence-electron chi connectivity index (χ2n) is 4.38. The first-order valence-electron chi connectivity index (χ1n) is 6.29. The van der Waals surface area contributed by atoms with Crippen molar-refractivity contribution in [2.45, 2.75) is 5.38 Å². The van der Waals surface area contributed by atoms with E-state index in [0.717, 1.165) is 0 Å². The molecule has 0 saturated heterocycles. The third-order valence-electron chi connectivity index (χ3n) is 3.12. The Hall–Kier alpha value is -1.36. The van der Waals surface area contributed by atoms with Crippen molar-refractivity contribution < 1.29 is 0 Å². The Labute approximate surface area is 120 Å². The predicted octanol–water partition coefficient (Wildman–Crippen LogP) is 4.18. The second-order valence-corrected chi connectivity index (χ2v) is 7.07. The summed E-state index contributed by atoms with van der Waals surface area (Å²) in [5.41, 5.74) is 0. The van der Waals surface area contributed by atoms with Crippen molar-refractivity contribution in [3.8, 4) is 0 Å². The molecule has 1 aliphatic rings. The van der Waals surface area contributed by atoms with E-state index < -0.39 is 7.92 Å². The Morgan fingerprint density at radius 1 is 0.789 bits per heavy atom. The van der Waals surface area contributed by atoms with Gasteiger partial charge >= 0.3 is 0 Å². The Balaban J connectivity index is 2.07. The summed E-state index contributed by atoms with van der Waals surface area (Å²) in [7, 11) is -0.525. The number of halogens is 1. The molecule has 3 rings (SSSR count). The summed E-state index contributed by atoms with van der Waals surface area (Å²) < 4.78 is 0. The minimum Gasteiger partial charge on any atom is -0.113 e. The average Bonchev–Trinajstić information content (AvgIpc) is 2.88. The maximum absolute atomic E-state index is 6.43. The number of rotatable bonds is 3. The van der Waals surface area contributed by atoms with Crippen LogP contribution in [0.15, 0.2) is 84.2 Å². The van der Waals surface area contributed by atoms with Gasteiger partial charge in [-0.15, -0.1) is 11.6 Å². The van der Waals surface area contributed by atoms with Crippen molar-refractivity contribution in [3.05, 3.63) is 84.2 Å². The maximum atomic E-state index is 6.43. The van der Waals surface area contributed by atoms with Gasteiger partial charge in [0.05, 0.1) is 5.38 Å². The van der Waals surface area contributed by atoms with Crippen LogP contribution < -0.4 is 10.6 Å². The van der Waals surface area contributed by atoms with E-state index >= 15 is 0 Å². The topological polar surface area (TPSA) is 0 Å². The van der Waals surface area contributed by atoms with Crippen LogP contribution in [0.4, 0.5) is 0 Å². The maximum Gasteiger partial charge on any atom is 0.0779 e. The lowest BCUT2D eigenvalue weighted by Gasteiger charge is -2.22. The molecule has 94 valence electrons. The summed E-state index contributed by atoms with van der Waals surface area (Å²) in [4.78, 5) is 0. The van der Waals surface area contributed by atoms with Gasteiger partial charge in [0.2, 0.25) is 0 Å². The minimum absolute atomic E-state index is 0.0199. The largest absolute Gasteiger partial charge is 0.113 e. The molecule has 1 atom stereocenters. The van der Waals surface area contributed by atoms with E-state index in [2.05, 4.69) is 78.9 Å². The third kappa shape index (κ3) is 2.66. The quantitative estimate of drug-likeness (QED) is 0.586. The lowest BCUT2D eigenvalue weighted by atomic mass is 10.4. The molecule has 19 heavy (non-hydrogen) atoms. The van der Waals surface area contributed by atoms with E-state index in [-0.39, 0.29) is 5.38 Å². The number of benzene rings is 2. The fourth-order valence-electron chi connectivity index (χ4n) is 2.24. The van der Waals surface area contributed by atoms with Crippen LogP contribution >= 0.6 is 19.5 Å². The second kappa shape index (κ2) is 5.74. The van der Waals surface area contributed by atoms with E-state index in [0.29, 0.717) is 0 Å². The van der Waals surface area contributed by atoms with Crippen LogP contribution in [0.2, 0.25) is 0 Å². The summed E-state index contributed by atoms with van der Waals surface area (Å²) in [6, 6.07) is 21.3. The lowest BCUT2D eigenvalue weighted by Crippen LogP contribution is -2.15. The van der Waals surface area contributed by atoms with Crippen LogP contribution in [0.1, 0.15) is 0 Å². The van der Waals surface area contributed by atoms with Crippen molar-refractivity contribution >= 4 is 30.1 Å². The smallest absolute Gasteiger partial charge is 0.0779 e. The van der Waals surface area contributed by atoms with Crippen LogP contribution in [0.3, 0.4) is 0 Å². The minimum atomic E-state index is -0.525. The van der Waals surface area contributed by atoms with E-state index in [1.165, 1.54) is 15.9 Å². The van der Waals surface area contributed by atoms with Gasteiger partial charge in [-0.3, -0.25) is 0 Å². The normalized spacial score (nSPS) is 17.8. The molecule has 0 amide bonds. The molecule has 0 heterocycles. The van der Waals surface area contributed by atoms with Gasteiger partial charge in [-0.25, -0.2) is 0 Å². The molecular weight excluding hydrogens is 271 g/mol.